The molecule has 0 saturated heterocycles. The molecule has 0 amide bonds. The fraction of sp³-hybridized carbons (Fsp3) is 0.222. The molecular formula is C9H10N2O2. The van der Waals surface area contributed by atoms with Crippen LogP contribution in [0.1, 0.15) is 0 Å². The van der Waals surface area contributed by atoms with Crippen LogP contribution in [0.15, 0.2) is 24.5 Å². The van der Waals surface area contributed by atoms with Crippen LogP contribution < -0.4 is 9.57 Å². The largest absolute Gasteiger partial charge is 0.494 e. The van der Waals surface area contributed by atoms with Gasteiger partial charge in [0.2, 0.25) is 0 Å². The number of nitrogens with zero attached hydrogens (tertiary/aromatic N) is 2. The summed E-state index contributed by atoms with van der Waals surface area (Å²) in [6, 6.07) is 5.68. The molecule has 68 valence electrons. The molecule has 0 aliphatic carbocycles. The van der Waals surface area contributed by atoms with Crippen LogP contribution in [0.4, 0.5) is 0 Å². The molecule has 0 radical (unpaired) electrons. The van der Waals surface area contributed by atoms with Crippen LogP contribution >= 0.6 is 0 Å². The third kappa shape index (κ3) is 1.11. The molecule has 2 rings (SSSR count). The summed E-state index contributed by atoms with van der Waals surface area (Å²) in [6.07, 6.45) is 1.62. The first kappa shape index (κ1) is 7.91. The van der Waals surface area contributed by atoms with Crippen molar-refractivity contribution in [3.8, 4) is 5.75 Å². The van der Waals surface area contributed by atoms with Crippen molar-refractivity contribution in [1.82, 2.24) is 9.71 Å². The van der Waals surface area contributed by atoms with Gasteiger partial charge in [-0.15, -0.1) is 0 Å². The van der Waals surface area contributed by atoms with Crippen molar-refractivity contribution in [2.45, 2.75) is 0 Å². The second kappa shape index (κ2) is 2.97. The van der Waals surface area contributed by atoms with Gasteiger partial charge in [-0.1, -0.05) is 6.07 Å². The predicted molar refractivity (Wildman–Crippen MR) is 48.8 cm³/mol. The lowest BCUT2D eigenvalue weighted by Crippen LogP contribution is -2.03. The van der Waals surface area contributed by atoms with Gasteiger partial charge in [0.1, 0.15) is 24.7 Å². The van der Waals surface area contributed by atoms with Crippen LogP contribution in [-0.2, 0) is 0 Å². The molecule has 1 aromatic carbocycles. The third-order valence-electron chi connectivity index (χ3n) is 1.92. The van der Waals surface area contributed by atoms with E-state index in [-0.39, 0.29) is 0 Å². The molecule has 1 aromatic heterocycles. The normalized spacial score (nSPS) is 10.3. The predicted octanol–water partition coefficient (Wildman–Crippen LogP) is 1.10. The molecule has 0 fully saturated rings. The van der Waals surface area contributed by atoms with Gasteiger partial charge in [-0.05, 0) is 12.1 Å². The van der Waals surface area contributed by atoms with Crippen LogP contribution in [0.25, 0.3) is 11.0 Å². The van der Waals surface area contributed by atoms with Crippen molar-refractivity contribution >= 4 is 11.0 Å². The Morgan fingerprint density at radius 2 is 2.15 bits per heavy atom. The molecule has 0 unspecified atom stereocenters. The Kier molecular flexibility index (Phi) is 1.81. The molecule has 0 bridgehead atoms. The maximum absolute atomic E-state index is 5.19. The SMILES string of the molecule is COc1cccc2ncn(OC)c12. The van der Waals surface area contributed by atoms with Crippen LogP contribution in [-0.4, -0.2) is 23.9 Å². The van der Waals surface area contributed by atoms with E-state index < -0.39 is 0 Å². The van der Waals surface area contributed by atoms with Crippen LogP contribution in [0, 0.1) is 0 Å². The Morgan fingerprint density at radius 3 is 2.85 bits per heavy atom. The van der Waals surface area contributed by atoms with Gasteiger partial charge in [-0.2, -0.15) is 4.73 Å². The average molecular weight is 178 g/mol. The topological polar surface area (TPSA) is 36.3 Å². The Labute approximate surface area is 75.7 Å². The first-order valence-corrected chi connectivity index (χ1v) is 3.91. The standard InChI is InChI=1S/C9H10N2O2/c1-12-8-5-3-4-7-9(8)11(13-2)6-10-7/h3-6H,1-2H3. The van der Waals surface area contributed by atoms with Crippen molar-refractivity contribution in [1.29, 1.82) is 0 Å². The number of benzene rings is 1. The molecule has 1 heterocycles. The summed E-state index contributed by atoms with van der Waals surface area (Å²) in [5.41, 5.74) is 1.72. The highest BCUT2D eigenvalue weighted by molar-refractivity contribution is 5.81. The quantitative estimate of drug-likeness (QED) is 0.691. The highest BCUT2D eigenvalue weighted by atomic mass is 16.6. The monoisotopic (exact) mass is 178 g/mol. The third-order valence-corrected chi connectivity index (χ3v) is 1.92. The van der Waals surface area contributed by atoms with E-state index in [1.165, 1.54) is 0 Å². The van der Waals surface area contributed by atoms with Gasteiger partial charge in [-0.3, -0.25) is 0 Å². The smallest absolute Gasteiger partial charge is 0.149 e. The number of hydrogen-bond donors (Lipinski definition) is 0. The molecule has 0 atom stereocenters. The summed E-state index contributed by atoms with van der Waals surface area (Å²) in [4.78, 5) is 9.24. The van der Waals surface area contributed by atoms with Gasteiger partial charge < -0.3 is 9.57 Å². The lowest BCUT2D eigenvalue weighted by Gasteiger charge is -2.04. The number of fused-ring (bicyclic) bond motifs is 1. The van der Waals surface area contributed by atoms with Gasteiger partial charge in [-0.25, -0.2) is 4.98 Å². The molecule has 4 heteroatoms. The van der Waals surface area contributed by atoms with Gasteiger partial charge in [0, 0.05) is 0 Å². The number of para-hydroxylation sites is 1. The van der Waals surface area contributed by atoms with Crippen LogP contribution in [0.3, 0.4) is 0 Å². The molecule has 0 N–H and O–H groups in total. The zero-order valence-electron chi connectivity index (χ0n) is 7.52. The molecule has 0 aliphatic heterocycles. The number of aromatic nitrogens is 2. The summed E-state index contributed by atoms with van der Waals surface area (Å²) < 4.78 is 6.76. The zero-order valence-corrected chi connectivity index (χ0v) is 7.52. The highest BCUT2D eigenvalue weighted by Crippen LogP contribution is 2.23. The number of hydrogen-bond acceptors (Lipinski definition) is 3. The fourth-order valence-electron chi connectivity index (χ4n) is 1.31. The maximum Gasteiger partial charge on any atom is 0.149 e. The summed E-state index contributed by atoms with van der Waals surface area (Å²) >= 11 is 0. The first-order valence-electron chi connectivity index (χ1n) is 3.91. The van der Waals surface area contributed by atoms with Crippen LogP contribution in [0.2, 0.25) is 0 Å². The molecule has 13 heavy (non-hydrogen) atoms. The van der Waals surface area contributed by atoms with E-state index in [1.807, 2.05) is 18.2 Å². The Bertz CT molecular complexity index is 422. The van der Waals surface area contributed by atoms with E-state index in [4.69, 9.17) is 9.57 Å². The minimum atomic E-state index is 0.761. The molecule has 0 saturated carbocycles. The molecule has 4 nitrogen and oxygen atoms in total. The van der Waals surface area contributed by atoms with Gasteiger partial charge in [0.15, 0.2) is 0 Å². The fourth-order valence-corrected chi connectivity index (χ4v) is 1.31. The molecule has 2 aromatic rings. The van der Waals surface area contributed by atoms with E-state index in [2.05, 4.69) is 4.98 Å². The van der Waals surface area contributed by atoms with E-state index in [0.29, 0.717) is 0 Å². The van der Waals surface area contributed by atoms with Crippen molar-refractivity contribution in [3.05, 3.63) is 24.5 Å². The summed E-state index contributed by atoms with van der Waals surface area (Å²) in [5.74, 6) is 0.761. The second-order valence-electron chi connectivity index (χ2n) is 2.58. The van der Waals surface area contributed by atoms with Gasteiger partial charge in [0.25, 0.3) is 0 Å². The van der Waals surface area contributed by atoms with Gasteiger partial charge in [0.05, 0.1) is 12.6 Å². The van der Waals surface area contributed by atoms with Crippen LogP contribution in [0.5, 0.6) is 5.75 Å². The summed E-state index contributed by atoms with van der Waals surface area (Å²) in [7, 11) is 3.22. The lowest BCUT2D eigenvalue weighted by atomic mass is 10.3. The summed E-state index contributed by atoms with van der Waals surface area (Å²) in [5, 5.41) is 0. The van der Waals surface area contributed by atoms with Crippen molar-refractivity contribution in [3.63, 3.8) is 0 Å². The minimum Gasteiger partial charge on any atom is -0.494 e. The number of rotatable bonds is 2. The minimum absolute atomic E-state index is 0.761. The zero-order chi connectivity index (χ0) is 9.26. The summed E-state index contributed by atoms with van der Waals surface area (Å²) in [6.45, 7) is 0. The van der Waals surface area contributed by atoms with E-state index in [0.717, 1.165) is 16.8 Å². The molecule has 0 aliphatic rings. The first-order chi connectivity index (χ1) is 6.36. The highest BCUT2D eigenvalue weighted by Gasteiger charge is 2.07. The van der Waals surface area contributed by atoms with Crippen molar-refractivity contribution in [2.24, 2.45) is 0 Å². The van der Waals surface area contributed by atoms with E-state index in [9.17, 15) is 0 Å². The number of imidazole rings is 1. The van der Waals surface area contributed by atoms with Crippen molar-refractivity contribution in [2.75, 3.05) is 14.2 Å². The van der Waals surface area contributed by atoms with E-state index >= 15 is 0 Å². The maximum atomic E-state index is 5.19. The van der Waals surface area contributed by atoms with Gasteiger partial charge >= 0.3 is 0 Å². The molecular weight excluding hydrogens is 168 g/mol. The Morgan fingerprint density at radius 1 is 1.31 bits per heavy atom. The Hall–Kier alpha value is -1.71. The van der Waals surface area contributed by atoms with E-state index in [1.54, 1.807) is 25.3 Å². The second-order valence-corrected chi connectivity index (χ2v) is 2.58. The number of ether oxygens (including phenoxy) is 1. The lowest BCUT2D eigenvalue weighted by molar-refractivity contribution is 0.176. The average Bonchev–Trinajstić information content (AvgIpc) is 2.60. The van der Waals surface area contributed by atoms with Crippen molar-refractivity contribution < 1.29 is 9.57 Å². The number of methoxy groups -OCH3 is 1. The Balaban J connectivity index is 2.76. The molecule has 0 spiro atoms.